The molecule has 1 atom stereocenters. The number of aromatic amines is 1. The van der Waals surface area contributed by atoms with E-state index in [9.17, 15) is 14.0 Å². The second kappa shape index (κ2) is 8.99. The van der Waals surface area contributed by atoms with Crippen LogP contribution in [0.15, 0.2) is 59.5 Å². The molecule has 1 aliphatic heterocycles. The molecular weight excluding hydrogens is 449 g/mol. The molecular formula is C26H22FN5O3. The summed E-state index contributed by atoms with van der Waals surface area (Å²) < 4.78 is 21.4. The second-order valence-electron chi connectivity index (χ2n) is 8.25. The van der Waals surface area contributed by atoms with Crippen LogP contribution in [0.3, 0.4) is 0 Å². The number of hydrogen-bond donors (Lipinski definition) is 2. The van der Waals surface area contributed by atoms with Crippen LogP contribution < -0.4 is 16.0 Å². The van der Waals surface area contributed by atoms with Gasteiger partial charge in [0.2, 0.25) is 0 Å². The summed E-state index contributed by atoms with van der Waals surface area (Å²) in [7, 11) is 0. The summed E-state index contributed by atoms with van der Waals surface area (Å²) in [5, 5.41) is 6.87. The van der Waals surface area contributed by atoms with Crippen LogP contribution in [0.2, 0.25) is 0 Å². The summed E-state index contributed by atoms with van der Waals surface area (Å²) in [5.74, 6) is 5.25. The molecule has 2 aromatic heterocycles. The Kier molecular flexibility index (Phi) is 5.71. The van der Waals surface area contributed by atoms with Crippen molar-refractivity contribution >= 4 is 22.6 Å². The van der Waals surface area contributed by atoms with Crippen LogP contribution in [0, 0.1) is 17.7 Å². The molecule has 8 nitrogen and oxygen atoms in total. The van der Waals surface area contributed by atoms with Gasteiger partial charge < -0.3 is 19.9 Å². The molecule has 0 spiro atoms. The lowest BCUT2D eigenvalue weighted by atomic mass is 9.99. The summed E-state index contributed by atoms with van der Waals surface area (Å²) >= 11 is 0. The van der Waals surface area contributed by atoms with Crippen molar-refractivity contribution in [1.82, 2.24) is 19.7 Å². The highest BCUT2D eigenvalue weighted by atomic mass is 19.1. The Hall–Kier alpha value is -4.58. The van der Waals surface area contributed by atoms with Crippen molar-refractivity contribution in [2.75, 3.05) is 18.8 Å². The monoisotopic (exact) mass is 471 g/mol. The lowest BCUT2D eigenvalue weighted by Gasteiger charge is -2.12. The molecule has 1 fully saturated rings. The lowest BCUT2D eigenvalue weighted by molar-refractivity contribution is -0.124. The number of anilines is 1. The first-order valence-electron chi connectivity index (χ1n) is 11.1. The Labute approximate surface area is 200 Å². The molecule has 1 aliphatic rings. The van der Waals surface area contributed by atoms with Gasteiger partial charge in [-0.3, -0.25) is 9.59 Å². The van der Waals surface area contributed by atoms with E-state index in [0.717, 1.165) is 11.3 Å². The van der Waals surface area contributed by atoms with Crippen LogP contribution in [0.5, 0.6) is 11.5 Å². The van der Waals surface area contributed by atoms with E-state index in [-0.39, 0.29) is 29.0 Å². The predicted octanol–water partition coefficient (Wildman–Crippen LogP) is 3.57. The first kappa shape index (κ1) is 22.2. The number of para-hydroxylation sites is 1. The molecule has 35 heavy (non-hydrogen) atoms. The van der Waals surface area contributed by atoms with E-state index in [2.05, 4.69) is 22.0 Å². The van der Waals surface area contributed by atoms with E-state index in [4.69, 9.17) is 10.5 Å². The number of benzene rings is 2. The number of carbonyl (C=O) groups excluding carboxylic acids is 1. The molecule has 5 rings (SSSR count). The second-order valence-corrected chi connectivity index (χ2v) is 8.25. The average Bonchev–Trinajstić information content (AvgIpc) is 3.50. The number of nitrogens with one attached hydrogen (secondary N) is 1. The number of halogens is 1. The van der Waals surface area contributed by atoms with E-state index >= 15 is 0 Å². The Balaban J connectivity index is 1.52. The fourth-order valence-electron chi connectivity index (χ4n) is 4.46. The van der Waals surface area contributed by atoms with Crippen molar-refractivity contribution < 1.29 is 13.9 Å². The van der Waals surface area contributed by atoms with E-state index in [1.54, 1.807) is 54.3 Å². The number of hydrogen-bond acceptors (Lipinski definition) is 5. The third-order valence-corrected chi connectivity index (χ3v) is 6.11. The first-order valence-corrected chi connectivity index (χ1v) is 11.1. The summed E-state index contributed by atoms with van der Waals surface area (Å²) in [6, 6.07) is 13.2. The maximum atomic E-state index is 13.9. The van der Waals surface area contributed by atoms with Crippen LogP contribution >= 0.6 is 0 Å². The Morgan fingerprint density at radius 2 is 2.00 bits per heavy atom. The molecule has 4 aromatic rings. The van der Waals surface area contributed by atoms with Crippen LogP contribution in [0.1, 0.15) is 24.8 Å². The van der Waals surface area contributed by atoms with Crippen molar-refractivity contribution in [3.05, 3.63) is 76.5 Å². The Morgan fingerprint density at radius 3 is 2.74 bits per heavy atom. The van der Waals surface area contributed by atoms with Gasteiger partial charge in [0.05, 0.1) is 5.39 Å². The van der Waals surface area contributed by atoms with Crippen LogP contribution in [-0.2, 0) is 4.79 Å². The Morgan fingerprint density at radius 1 is 1.23 bits per heavy atom. The number of carbonyl (C=O) groups is 1. The van der Waals surface area contributed by atoms with Gasteiger partial charge in [-0.25, -0.2) is 9.49 Å². The molecule has 3 N–H and O–H groups in total. The minimum absolute atomic E-state index is 0.0482. The Bertz CT molecular complexity index is 1550. The average molecular weight is 471 g/mol. The smallest absolute Gasteiger partial charge is 0.298 e. The van der Waals surface area contributed by atoms with Gasteiger partial charge in [-0.2, -0.15) is 5.10 Å². The summed E-state index contributed by atoms with van der Waals surface area (Å²) in [4.78, 5) is 26.7. The number of fused-ring (bicyclic) bond motifs is 1. The van der Waals surface area contributed by atoms with Crippen molar-refractivity contribution in [1.29, 1.82) is 0 Å². The fourth-order valence-corrected chi connectivity index (χ4v) is 4.46. The summed E-state index contributed by atoms with van der Waals surface area (Å²) in [5.41, 5.74) is 7.85. The number of rotatable bonds is 4. The SMILES string of the molecule is CC#CC(=O)N1CCC(c2cn(-c3ccc(Oc4ccccc4F)cc3)c3c(N)n[nH]c(=O)c23)C1. The van der Waals surface area contributed by atoms with Crippen LogP contribution in [-0.4, -0.2) is 38.7 Å². The number of amides is 1. The van der Waals surface area contributed by atoms with Gasteiger partial charge in [-0.15, -0.1) is 0 Å². The number of aromatic nitrogens is 3. The molecule has 176 valence electrons. The zero-order valence-corrected chi connectivity index (χ0v) is 18.9. The molecule has 1 saturated heterocycles. The fraction of sp³-hybridized carbons (Fsp3) is 0.192. The maximum absolute atomic E-state index is 13.9. The van der Waals surface area contributed by atoms with Gasteiger partial charge in [0, 0.05) is 30.9 Å². The van der Waals surface area contributed by atoms with Gasteiger partial charge >= 0.3 is 0 Å². The third-order valence-electron chi connectivity index (χ3n) is 6.11. The molecule has 9 heteroatoms. The van der Waals surface area contributed by atoms with Crippen molar-refractivity contribution in [2.45, 2.75) is 19.3 Å². The van der Waals surface area contributed by atoms with Gasteiger partial charge in [0.1, 0.15) is 11.3 Å². The van der Waals surface area contributed by atoms with Crippen molar-refractivity contribution in [2.24, 2.45) is 0 Å². The molecule has 3 heterocycles. The van der Waals surface area contributed by atoms with E-state index in [1.165, 1.54) is 6.07 Å². The third kappa shape index (κ3) is 4.10. The predicted molar refractivity (Wildman–Crippen MR) is 130 cm³/mol. The van der Waals surface area contributed by atoms with E-state index < -0.39 is 5.82 Å². The molecule has 0 radical (unpaired) electrons. The number of nitrogens with zero attached hydrogens (tertiary/aromatic N) is 3. The molecule has 2 aromatic carbocycles. The van der Waals surface area contributed by atoms with Gasteiger partial charge in [-0.1, -0.05) is 18.1 Å². The summed E-state index contributed by atoms with van der Waals surface area (Å²) in [6.07, 6.45) is 2.57. The number of ether oxygens (including phenoxy) is 1. The molecule has 0 bridgehead atoms. The zero-order chi connectivity index (χ0) is 24.5. The van der Waals surface area contributed by atoms with Crippen LogP contribution in [0.25, 0.3) is 16.6 Å². The first-order chi connectivity index (χ1) is 17.0. The molecule has 1 amide bonds. The standard InChI is InChI=1S/C26H22FN5O3/c1-2-5-22(33)31-13-12-16(14-31)19-15-32(24-23(19)26(34)30-29-25(24)28)17-8-10-18(11-9-17)35-21-7-4-3-6-20(21)27/h3-4,6-11,15-16H,12-14H2,1H3,(H2,28,29)(H,30,34). The minimum atomic E-state index is -0.454. The molecule has 1 unspecified atom stereocenters. The van der Waals surface area contributed by atoms with E-state index in [1.807, 2.05) is 10.8 Å². The molecule has 0 saturated carbocycles. The van der Waals surface area contributed by atoms with E-state index in [0.29, 0.717) is 36.2 Å². The largest absolute Gasteiger partial charge is 0.454 e. The zero-order valence-electron chi connectivity index (χ0n) is 18.9. The number of nitrogen functional groups attached to an aromatic ring is 1. The lowest BCUT2D eigenvalue weighted by Crippen LogP contribution is -2.27. The topological polar surface area (TPSA) is 106 Å². The van der Waals surface area contributed by atoms with Gasteiger partial charge in [0.25, 0.3) is 11.5 Å². The highest BCUT2D eigenvalue weighted by Crippen LogP contribution is 2.35. The highest BCUT2D eigenvalue weighted by Gasteiger charge is 2.30. The summed E-state index contributed by atoms with van der Waals surface area (Å²) in [6.45, 7) is 2.65. The number of nitrogens with two attached hydrogens (primary N) is 1. The van der Waals surface area contributed by atoms with Gasteiger partial charge in [0.15, 0.2) is 17.4 Å². The van der Waals surface area contributed by atoms with Crippen LogP contribution in [0.4, 0.5) is 10.2 Å². The number of H-pyrrole nitrogens is 1. The highest BCUT2D eigenvalue weighted by molar-refractivity contribution is 5.94. The molecule has 0 aliphatic carbocycles. The van der Waals surface area contributed by atoms with Gasteiger partial charge in [-0.05, 0) is 61.2 Å². The quantitative estimate of drug-likeness (QED) is 0.443. The normalized spacial score (nSPS) is 15.1. The van der Waals surface area contributed by atoms with Crippen molar-refractivity contribution in [3.8, 4) is 29.0 Å². The minimum Gasteiger partial charge on any atom is -0.454 e. The maximum Gasteiger partial charge on any atom is 0.298 e. The van der Waals surface area contributed by atoms with Crippen molar-refractivity contribution in [3.63, 3.8) is 0 Å². The number of likely N-dealkylation sites (tertiary alicyclic amines) is 1.